The van der Waals surface area contributed by atoms with E-state index in [-0.39, 0.29) is 0 Å². The number of aliphatic hydroxyl groups excluding tert-OH is 2. The zero-order valence-electron chi connectivity index (χ0n) is 7.71. The van der Waals surface area contributed by atoms with Crippen LogP contribution in [-0.4, -0.2) is 27.2 Å². The van der Waals surface area contributed by atoms with Gasteiger partial charge >= 0.3 is 0 Å². The van der Waals surface area contributed by atoms with E-state index in [9.17, 15) is 9.90 Å². The Bertz CT molecular complexity index is 323. The van der Waals surface area contributed by atoms with E-state index < -0.39 is 18.1 Å². The molecule has 1 aromatic rings. The average Bonchev–Trinajstić information content (AvgIpc) is 2.16. The van der Waals surface area contributed by atoms with Gasteiger partial charge in [0.05, 0.1) is 0 Å². The second-order valence-corrected chi connectivity index (χ2v) is 3.02. The van der Waals surface area contributed by atoms with Crippen LogP contribution in [0, 0.1) is 6.92 Å². The van der Waals surface area contributed by atoms with Crippen LogP contribution in [0.4, 0.5) is 0 Å². The minimum atomic E-state index is -1.60. The molecule has 1 heterocycles. The van der Waals surface area contributed by atoms with Crippen molar-refractivity contribution >= 4 is 5.91 Å². The molecular formula is C9H12N2O3. The van der Waals surface area contributed by atoms with Crippen molar-refractivity contribution in [3.05, 3.63) is 29.6 Å². The highest BCUT2D eigenvalue weighted by atomic mass is 16.3. The van der Waals surface area contributed by atoms with Crippen LogP contribution in [0.15, 0.2) is 18.3 Å². The highest BCUT2D eigenvalue weighted by Gasteiger charge is 2.23. The molecule has 0 saturated carbocycles. The summed E-state index contributed by atoms with van der Waals surface area (Å²) in [4.78, 5) is 14.5. The summed E-state index contributed by atoms with van der Waals surface area (Å²) in [6.07, 6.45) is -1.52. The van der Waals surface area contributed by atoms with Gasteiger partial charge in [-0.1, -0.05) is 6.07 Å². The SMILES string of the molecule is Cc1ccc(C(O)C(O)C(N)=O)cn1. The van der Waals surface area contributed by atoms with E-state index in [4.69, 9.17) is 10.8 Å². The van der Waals surface area contributed by atoms with Crippen molar-refractivity contribution in [2.75, 3.05) is 0 Å². The summed E-state index contributed by atoms with van der Waals surface area (Å²) in [7, 11) is 0. The first-order chi connectivity index (χ1) is 6.52. The predicted octanol–water partition coefficient (Wildman–Crippen LogP) is -0.730. The van der Waals surface area contributed by atoms with Gasteiger partial charge in [-0.3, -0.25) is 9.78 Å². The number of nitrogens with two attached hydrogens (primary N) is 1. The minimum Gasteiger partial charge on any atom is -0.385 e. The molecule has 0 aliphatic rings. The molecule has 1 aromatic heterocycles. The number of hydrogen-bond donors (Lipinski definition) is 3. The van der Waals surface area contributed by atoms with Crippen LogP contribution in [0.2, 0.25) is 0 Å². The Kier molecular flexibility index (Phi) is 3.16. The lowest BCUT2D eigenvalue weighted by Gasteiger charge is -2.14. The van der Waals surface area contributed by atoms with Gasteiger partial charge in [0.2, 0.25) is 5.91 Å². The van der Waals surface area contributed by atoms with Crippen LogP contribution in [0.25, 0.3) is 0 Å². The summed E-state index contributed by atoms with van der Waals surface area (Å²) in [5.41, 5.74) is 5.98. The van der Waals surface area contributed by atoms with Crippen molar-refractivity contribution in [1.82, 2.24) is 4.98 Å². The molecule has 5 heteroatoms. The van der Waals surface area contributed by atoms with Crippen LogP contribution in [-0.2, 0) is 4.79 Å². The van der Waals surface area contributed by atoms with Gasteiger partial charge in [-0.05, 0) is 13.0 Å². The van der Waals surface area contributed by atoms with E-state index in [0.717, 1.165) is 5.69 Å². The first-order valence-electron chi connectivity index (χ1n) is 4.10. The summed E-state index contributed by atoms with van der Waals surface area (Å²) in [5, 5.41) is 18.6. The van der Waals surface area contributed by atoms with Crippen LogP contribution < -0.4 is 5.73 Å². The Morgan fingerprint density at radius 3 is 2.57 bits per heavy atom. The minimum absolute atomic E-state index is 0.363. The lowest BCUT2D eigenvalue weighted by Crippen LogP contribution is -2.33. The average molecular weight is 196 g/mol. The van der Waals surface area contributed by atoms with Crippen molar-refractivity contribution in [2.45, 2.75) is 19.1 Å². The molecule has 2 atom stereocenters. The number of hydrogen-bond acceptors (Lipinski definition) is 4. The first kappa shape index (κ1) is 10.6. The number of aryl methyl sites for hydroxylation is 1. The number of carbonyl (C=O) groups excluding carboxylic acids is 1. The van der Waals surface area contributed by atoms with Crippen LogP contribution in [0.1, 0.15) is 17.4 Å². The quantitative estimate of drug-likeness (QED) is 0.593. The number of pyridine rings is 1. The Labute approximate surface area is 81.2 Å². The third-order valence-electron chi connectivity index (χ3n) is 1.87. The molecule has 0 aliphatic heterocycles. The fourth-order valence-electron chi connectivity index (χ4n) is 0.992. The third kappa shape index (κ3) is 2.27. The number of aromatic nitrogens is 1. The normalized spacial score (nSPS) is 14.8. The van der Waals surface area contributed by atoms with Crippen molar-refractivity contribution in [2.24, 2.45) is 5.73 Å². The van der Waals surface area contributed by atoms with Gasteiger partial charge in [-0.2, -0.15) is 0 Å². The van der Waals surface area contributed by atoms with E-state index in [1.54, 1.807) is 19.1 Å². The maximum Gasteiger partial charge on any atom is 0.249 e. The highest BCUT2D eigenvalue weighted by Crippen LogP contribution is 2.15. The lowest BCUT2D eigenvalue weighted by atomic mass is 10.1. The zero-order chi connectivity index (χ0) is 10.7. The predicted molar refractivity (Wildman–Crippen MR) is 49.1 cm³/mol. The van der Waals surface area contributed by atoms with E-state index in [1.165, 1.54) is 6.20 Å². The van der Waals surface area contributed by atoms with Crippen molar-refractivity contribution in [3.63, 3.8) is 0 Å². The van der Waals surface area contributed by atoms with Crippen LogP contribution >= 0.6 is 0 Å². The Morgan fingerprint density at radius 2 is 2.14 bits per heavy atom. The monoisotopic (exact) mass is 196 g/mol. The molecule has 0 radical (unpaired) electrons. The van der Waals surface area contributed by atoms with Gasteiger partial charge in [0.25, 0.3) is 0 Å². The molecule has 0 aromatic carbocycles. The van der Waals surface area contributed by atoms with Gasteiger partial charge in [-0.15, -0.1) is 0 Å². The Balaban J connectivity index is 2.84. The fourth-order valence-corrected chi connectivity index (χ4v) is 0.992. The molecular weight excluding hydrogens is 184 g/mol. The van der Waals surface area contributed by atoms with Gasteiger partial charge in [0, 0.05) is 17.5 Å². The first-order valence-corrected chi connectivity index (χ1v) is 4.10. The molecule has 14 heavy (non-hydrogen) atoms. The maximum atomic E-state index is 10.6. The number of amides is 1. The molecule has 5 nitrogen and oxygen atoms in total. The lowest BCUT2D eigenvalue weighted by molar-refractivity contribution is -0.131. The molecule has 4 N–H and O–H groups in total. The van der Waals surface area contributed by atoms with Crippen molar-refractivity contribution in [3.8, 4) is 0 Å². The Hall–Kier alpha value is -1.46. The molecule has 0 spiro atoms. The number of primary amides is 1. The van der Waals surface area contributed by atoms with E-state index >= 15 is 0 Å². The molecule has 0 saturated heterocycles. The molecule has 1 amide bonds. The van der Waals surface area contributed by atoms with E-state index in [1.807, 2.05) is 0 Å². The summed E-state index contributed by atoms with van der Waals surface area (Å²) in [6, 6.07) is 3.26. The summed E-state index contributed by atoms with van der Waals surface area (Å²) >= 11 is 0. The molecule has 2 unspecified atom stereocenters. The zero-order valence-corrected chi connectivity index (χ0v) is 7.71. The largest absolute Gasteiger partial charge is 0.385 e. The third-order valence-corrected chi connectivity index (χ3v) is 1.87. The number of aliphatic hydroxyl groups is 2. The standard InChI is InChI=1S/C9H12N2O3/c1-5-2-3-6(4-11-5)7(12)8(13)9(10)14/h2-4,7-8,12-13H,1H3,(H2,10,14). The molecule has 0 aliphatic carbocycles. The van der Waals surface area contributed by atoms with Gasteiger partial charge < -0.3 is 15.9 Å². The smallest absolute Gasteiger partial charge is 0.249 e. The summed E-state index contributed by atoms with van der Waals surface area (Å²) in [6.45, 7) is 1.79. The summed E-state index contributed by atoms with van der Waals surface area (Å²) in [5.74, 6) is -0.960. The second kappa shape index (κ2) is 4.17. The van der Waals surface area contributed by atoms with Crippen LogP contribution in [0.3, 0.4) is 0 Å². The second-order valence-electron chi connectivity index (χ2n) is 3.02. The molecule has 0 fully saturated rings. The van der Waals surface area contributed by atoms with Gasteiger partial charge in [0.15, 0.2) is 6.10 Å². The number of carbonyl (C=O) groups is 1. The van der Waals surface area contributed by atoms with Crippen molar-refractivity contribution < 1.29 is 15.0 Å². The highest BCUT2D eigenvalue weighted by molar-refractivity contribution is 5.79. The van der Waals surface area contributed by atoms with Gasteiger partial charge in [0.1, 0.15) is 6.10 Å². The Morgan fingerprint density at radius 1 is 1.50 bits per heavy atom. The molecule has 76 valence electrons. The maximum absolute atomic E-state index is 10.6. The molecule has 1 rings (SSSR count). The fraction of sp³-hybridized carbons (Fsp3) is 0.333. The number of rotatable bonds is 3. The number of nitrogens with zero attached hydrogens (tertiary/aromatic N) is 1. The summed E-state index contributed by atoms with van der Waals surface area (Å²) < 4.78 is 0. The van der Waals surface area contributed by atoms with Crippen LogP contribution in [0.5, 0.6) is 0 Å². The van der Waals surface area contributed by atoms with E-state index in [0.29, 0.717) is 5.56 Å². The van der Waals surface area contributed by atoms with E-state index in [2.05, 4.69) is 4.98 Å². The van der Waals surface area contributed by atoms with Crippen molar-refractivity contribution in [1.29, 1.82) is 0 Å². The molecule has 0 bridgehead atoms. The topological polar surface area (TPSA) is 96.4 Å². The van der Waals surface area contributed by atoms with Gasteiger partial charge in [-0.25, -0.2) is 0 Å².